The molecule has 0 saturated heterocycles. The van der Waals surface area contributed by atoms with Crippen LogP contribution in [-0.4, -0.2) is 37.2 Å². The molecule has 8 heteroatoms. The number of halogens is 3. The summed E-state index contributed by atoms with van der Waals surface area (Å²) in [7, 11) is 0. The van der Waals surface area contributed by atoms with Crippen LogP contribution in [0, 0.1) is 11.8 Å². The molecule has 0 aliphatic heterocycles. The number of benzene rings is 1. The predicted octanol–water partition coefficient (Wildman–Crippen LogP) is 3.48. The van der Waals surface area contributed by atoms with E-state index in [0.29, 0.717) is 5.56 Å². The van der Waals surface area contributed by atoms with Gasteiger partial charge in [0.25, 0.3) is 0 Å². The van der Waals surface area contributed by atoms with Crippen molar-refractivity contribution < 1.29 is 32.2 Å². The molecule has 1 aromatic carbocycles. The van der Waals surface area contributed by atoms with Crippen molar-refractivity contribution in [2.45, 2.75) is 38.4 Å². The molecule has 0 spiro atoms. The summed E-state index contributed by atoms with van der Waals surface area (Å²) in [5.74, 6) is 3.94. The quantitative estimate of drug-likeness (QED) is 0.292. The summed E-state index contributed by atoms with van der Waals surface area (Å²) < 4.78 is 47.9. The summed E-state index contributed by atoms with van der Waals surface area (Å²) >= 11 is 0. The lowest BCUT2D eigenvalue weighted by atomic mass is 9.93. The van der Waals surface area contributed by atoms with E-state index >= 15 is 0 Å². The van der Waals surface area contributed by atoms with Crippen LogP contribution in [0.25, 0.3) is 0 Å². The highest BCUT2D eigenvalue weighted by Crippen LogP contribution is 2.29. The van der Waals surface area contributed by atoms with Gasteiger partial charge < -0.3 is 9.47 Å². The van der Waals surface area contributed by atoms with Gasteiger partial charge in [-0.1, -0.05) is 17.9 Å². The van der Waals surface area contributed by atoms with Gasteiger partial charge in [0.15, 0.2) is 0 Å². The molecule has 0 saturated carbocycles. The second kappa shape index (κ2) is 11.3. The fourth-order valence-corrected chi connectivity index (χ4v) is 2.43. The fraction of sp³-hybridized carbons (Fsp3) is 0.429. The van der Waals surface area contributed by atoms with Crippen LogP contribution < -0.4 is 5.32 Å². The monoisotopic (exact) mass is 411 g/mol. The molecule has 0 amide bonds. The molecule has 1 rings (SSSR count). The minimum Gasteiger partial charge on any atom is -0.464 e. The van der Waals surface area contributed by atoms with Crippen LogP contribution in [-0.2, 0) is 25.2 Å². The van der Waals surface area contributed by atoms with Crippen LogP contribution in [0.2, 0.25) is 0 Å². The molecule has 1 N–H and O–H groups in total. The van der Waals surface area contributed by atoms with E-state index in [1.165, 1.54) is 18.2 Å². The summed E-state index contributed by atoms with van der Waals surface area (Å²) in [4.78, 5) is 25.0. The molecule has 0 unspecified atom stereocenters. The Kier molecular flexibility index (Phi) is 9.42. The number of rotatable bonds is 9. The van der Waals surface area contributed by atoms with Crippen LogP contribution in [0.15, 0.2) is 36.9 Å². The summed E-state index contributed by atoms with van der Waals surface area (Å²) in [6.45, 7) is 7.10. The van der Waals surface area contributed by atoms with E-state index in [1.807, 2.05) is 0 Å². The smallest absolute Gasteiger partial charge is 0.416 e. The molecule has 0 radical (unpaired) electrons. The minimum absolute atomic E-state index is 0.0356. The zero-order valence-corrected chi connectivity index (χ0v) is 16.4. The lowest BCUT2D eigenvalue weighted by molar-refractivity contribution is -0.166. The number of ether oxygens (including phenoxy) is 2. The molecule has 0 atom stereocenters. The normalized spacial score (nSPS) is 11.2. The molecule has 0 heterocycles. The first-order valence-corrected chi connectivity index (χ1v) is 9.07. The highest BCUT2D eigenvalue weighted by Gasteiger charge is 2.47. The van der Waals surface area contributed by atoms with Crippen LogP contribution in [0.5, 0.6) is 0 Å². The summed E-state index contributed by atoms with van der Waals surface area (Å²) in [6.07, 6.45) is -2.86. The molecular weight excluding hydrogens is 387 g/mol. The minimum atomic E-state index is -4.42. The molecule has 0 aromatic heterocycles. The molecular formula is C21H24F3NO4. The van der Waals surface area contributed by atoms with Crippen molar-refractivity contribution >= 4 is 11.9 Å². The Labute approximate surface area is 168 Å². The Bertz CT molecular complexity index is 743. The SMILES string of the molecule is C=CCNC(CCC#Cc1ccc(C(F)(F)F)cc1)(C(=O)OCC)C(=O)OCC. The number of esters is 2. The first kappa shape index (κ1) is 24.2. The number of nitrogens with one attached hydrogen (secondary N) is 1. The standard InChI is InChI=1S/C21H24F3NO4/c1-4-15-25-20(18(26)28-5-2,19(27)29-6-3)14-8-7-9-16-10-12-17(13-11-16)21(22,23)24/h4,10-13,25H,1,5-6,8,14-15H2,2-3H3. The summed E-state index contributed by atoms with van der Waals surface area (Å²) in [5, 5.41) is 2.81. The van der Waals surface area contributed by atoms with Crippen molar-refractivity contribution in [3.05, 3.63) is 48.0 Å². The Morgan fingerprint density at radius 1 is 1.10 bits per heavy atom. The highest BCUT2D eigenvalue weighted by molar-refractivity contribution is 6.05. The van der Waals surface area contributed by atoms with E-state index in [9.17, 15) is 22.8 Å². The topological polar surface area (TPSA) is 64.6 Å². The van der Waals surface area contributed by atoms with Gasteiger partial charge in [0, 0.05) is 18.5 Å². The van der Waals surface area contributed by atoms with Crippen molar-refractivity contribution in [2.75, 3.05) is 19.8 Å². The van der Waals surface area contributed by atoms with Gasteiger partial charge in [-0.25, -0.2) is 9.59 Å². The first-order chi connectivity index (χ1) is 13.7. The zero-order chi connectivity index (χ0) is 21.9. The Hall–Kier alpha value is -2.79. The van der Waals surface area contributed by atoms with Gasteiger partial charge in [0.2, 0.25) is 5.54 Å². The third-order valence-corrected chi connectivity index (χ3v) is 3.87. The molecule has 0 aliphatic carbocycles. The van der Waals surface area contributed by atoms with Gasteiger partial charge in [-0.05, 0) is 44.5 Å². The Morgan fingerprint density at radius 2 is 1.66 bits per heavy atom. The summed E-state index contributed by atoms with van der Waals surface area (Å²) in [5.41, 5.74) is -2.12. The van der Waals surface area contributed by atoms with Crippen molar-refractivity contribution in [2.24, 2.45) is 0 Å². The van der Waals surface area contributed by atoms with E-state index in [4.69, 9.17) is 9.47 Å². The van der Waals surface area contributed by atoms with E-state index in [1.54, 1.807) is 13.8 Å². The van der Waals surface area contributed by atoms with Gasteiger partial charge in [-0.2, -0.15) is 13.2 Å². The highest BCUT2D eigenvalue weighted by atomic mass is 19.4. The van der Waals surface area contributed by atoms with E-state index in [0.717, 1.165) is 12.1 Å². The third kappa shape index (κ3) is 6.95. The molecule has 158 valence electrons. The van der Waals surface area contributed by atoms with E-state index in [-0.39, 0.29) is 32.6 Å². The van der Waals surface area contributed by atoms with Crippen LogP contribution in [0.1, 0.15) is 37.8 Å². The Balaban J connectivity index is 2.99. The molecule has 0 bridgehead atoms. The molecule has 29 heavy (non-hydrogen) atoms. The van der Waals surface area contributed by atoms with Gasteiger partial charge in [0.1, 0.15) is 0 Å². The van der Waals surface area contributed by atoms with Crippen LogP contribution in [0.3, 0.4) is 0 Å². The maximum Gasteiger partial charge on any atom is 0.416 e. The number of hydrogen-bond donors (Lipinski definition) is 1. The largest absolute Gasteiger partial charge is 0.464 e. The number of hydrogen-bond acceptors (Lipinski definition) is 5. The zero-order valence-electron chi connectivity index (χ0n) is 16.4. The second-order valence-corrected chi connectivity index (χ2v) is 5.89. The second-order valence-electron chi connectivity index (χ2n) is 5.89. The van der Waals surface area contributed by atoms with Crippen molar-refractivity contribution in [1.29, 1.82) is 0 Å². The van der Waals surface area contributed by atoms with Crippen molar-refractivity contribution in [3.8, 4) is 11.8 Å². The van der Waals surface area contributed by atoms with Crippen molar-refractivity contribution in [1.82, 2.24) is 5.32 Å². The van der Waals surface area contributed by atoms with Gasteiger partial charge in [-0.3, -0.25) is 5.32 Å². The maximum atomic E-state index is 12.6. The molecule has 0 fully saturated rings. The molecule has 5 nitrogen and oxygen atoms in total. The molecule has 1 aromatic rings. The van der Waals surface area contributed by atoms with Crippen LogP contribution in [0.4, 0.5) is 13.2 Å². The first-order valence-electron chi connectivity index (χ1n) is 9.07. The van der Waals surface area contributed by atoms with E-state index in [2.05, 4.69) is 23.7 Å². The van der Waals surface area contributed by atoms with Gasteiger partial charge >= 0.3 is 18.1 Å². The van der Waals surface area contributed by atoms with Gasteiger partial charge in [0.05, 0.1) is 18.8 Å². The number of carbonyl (C=O) groups excluding carboxylic acids is 2. The maximum absolute atomic E-state index is 12.6. The average Bonchev–Trinajstić information content (AvgIpc) is 2.67. The number of alkyl halides is 3. The molecule has 0 aliphatic rings. The van der Waals surface area contributed by atoms with Crippen LogP contribution >= 0.6 is 0 Å². The average molecular weight is 411 g/mol. The van der Waals surface area contributed by atoms with Gasteiger partial charge in [-0.15, -0.1) is 6.58 Å². The predicted molar refractivity (Wildman–Crippen MR) is 102 cm³/mol. The lowest BCUT2D eigenvalue weighted by Crippen LogP contribution is -2.59. The third-order valence-electron chi connectivity index (χ3n) is 3.87. The van der Waals surface area contributed by atoms with Crippen molar-refractivity contribution in [3.63, 3.8) is 0 Å². The van der Waals surface area contributed by atoms with E-state index < -0.39 is 29.2 Å². The number of carbonyl (C=O) groups is 2. The lowest BCUT2D eigenvalue weighted by Gasteiger charge is -2.29. The Morgan fingerprint density at radius 3 is 2.10 bits per heavy atom. The summed E-state index contributed by atoms with van der Waals surface area (Å²) in [6, 6.07) is 4.40. The fourth-order valence-electron chi connectivity index (χ4n) is 2.43.